The smallest absolute Gasteiger partial charge is 0.280 e. The van der Waals surface area contributed by atoms with E-state index in [2.05, 4.69) is 4.98 Å². The van der Waals surface area contributed by atoms with Gasteiger partial charge in [-0.1, -0.05) is 0 Å². The molecule has 2 heterocycles. The summed E-state index contributed by atoms with van der Waals surface area (Å²) in [6.07, 6.45) is 1.53. The molecule has 92 valence electrons. The minimum atomic E-state index is -0.414. The average molecular weight is 262 g/mol. The van der Waals surface area contributed by atoms with Crippen molar-refractivity contribution >= 4 is 22.8 Å². The zero-order chi connectivity index (χ0) is 13.3. The second-order valence-electron chi connectivity index (χ2n) is 3.66. The largest absolute Gasteiger partial charge is 0.332 e. The fourth-order valence-corrected chi connectivity index (χ4v) is 2.39. The van der Waals surface area contributed by atoms with Gasteiger partial charge in [-0.25, -0.2) is 9.78 Å². The Labute approximate surface area is 106 Å². The third-order valence-corrected chi connectivity index (χ3v) is 3.52. The van der Waals surface area contributed by atoms with E-state index in [0.29, 0.717) is 15.9 Å². The molecule has 7 heteroatoms. The second-order valence-corrected chi connectivity index (χ2v) is 4.68. The molecule has 0 aromatic carbocycles. The van der Waals surface area contributed by atoms with Crippen molar-refractivity contribution in [3.63, 3.8) is 0 Å². The van der Waals surface area contributed by atoms with Gasteiger partial charge in [-0.2, -0.15) is 5.26 Å². The van der Waals surface area contributed by atoms with Crippen molar-refractivity contribution in [3.8, 4) is 6.07 Å². The lowest BCUT2D eigenvalue weighted by molar-refractivity contribution is 0.706. The van der Waals surface area contributed by atoms with E-state index in [9.17, 15) is 9.59 Å². The molecule has 0 aliphatic heterocycles. The standard InChI is InChI=1S/C11H10N4O2S/c1-14-9-8(10(16)15(2)11(14)17)7(3-5-13-9)18-6-4-12/h3,5H,6H2,1-2H3. The molecule has 0 aliphatic carbocycles. The maximum atomic E-state index is 12.1. The minimum Gasteiger partial charge on any atom is -0.280 e. The molecule has 0 amide bonds. The van der Waals surface area contributed by atoms with E-state index < -0.39 is 5.69 Å². The van der Waals surface area contributed by atoms with E-state index in [1.54, 1.807) is 13.1 Å². The van der Waals surface area contributed by atoms with Crippen LogP contribution in [0.3, 0.4) is 0 Å². The van der Waals surface area contributed by atoms with Gasteiger partial charge in [0.15, 0.2) is 0 Å². The van der Waals surface area contributed by atoms with Crippen LogP contribution in [0, 0.1) is 11.3 Å². The molecule has 0 bridgehead atoms. The first-order valence-corrected chi connectivity index (χ1v) is 6.11. The fraction of sp³-hybridized carbons (Fsp3) is 0.273. The van der Waals surface area contributed by atoms with Gasteiger partial charge in [0.25, 0.3) is 5.56 Å². The molecule has 0 saturated heterocycles. The summed E-state index contributed by atoms with van der Waals surface area (Å²) in [5.41, 5.74) is -0.463. The molecule has 0 radical (unpaired) electrons. The second kappa shape index (κ2) is 4.66. The molecule has 2 aromatic rings. The Balaban J connectivity index is 2.90. The van der Waals surface area contributed by atoms with Crippen molar-refractivity contribution in [1.82, 2.24) is 14.1 Å². The van der Waals surface area contributed by atoms with Crippen LogP contribution in [0.5, 0.6) is 0 Å². The fourth-order valence-electron chi connectivity index (χ4n) is 1.69. The summed E-state index contributed by atoms with van der Waals surface area (Å²) in [6, 6.07) is 3.68. The first-order chi connectivity index (χ1) is 8.57. The molecule has 0 fully saturated rings. The summed E-state index contributed by atoms with van der Waals surface area (Å²) >= 11 is 1.26. The van der Waals surface area contributed by atoms with Crippen LogP contribution in [0.4, 0.5) is 0 Å². The van der Waals surface area contributed by atoms with E-state index in [4.69, 9.17) is 5.26 Å². The van der Waals surface area contributed by atoms with Crippen LogP contribution in [0.2, 0.25) is 0 Å². The van der Waals surface area contributed by atoms with E-state index >= 15 is 0 Å². The van der Waals surface area contributed by atoms with Crippen LogP contribution in [-0.2, 0) is 14.1 Å². The lowest BCUT2D eigenvalue weighted by atomic mass is 10.3. The normalized spacial score (nSPS) is 10.5. The first-order valence-electron chi connectivity index (χ1n) is 5.12. The zero-order valence-electron chi connectivity index (χ0n) is 9.88. The Morgan fingerprint density at radius 1 is 1.39 bits per heavy atom. The molecule has 6 nitrogen and oxygen atoms in total. The van der Waals surface area contributed by atoms with Crippen LogP contribution in [-0.4, -0.2) is 19.9 Å². The highest BCUT2D eigenvalue weighted by Gasteiger charge is 2.13. The maximum Gasteiger partial charge on any atom is 0.332 e. The van der Waals surface area contributed by atoms with E-state index in [-0.39, 0.29) is 11.3 Å². The highest BCUT2D eigenvalue weighted by Crippen LogP contribution is 2.22. The van der Waals surface area contributed by atoms with Gasteiger partial charge < -0.3 is 0 Å². The number of pyridine rings is 1. The molecule has 0 N–H and O–H groups in total. The number of aromatic nitrogens is 3. The first kappa shape index (κ1) is 12.4. The van der Waals surface area contributed by atoms with E-state index in [1.165, 1.54) is 29.6 Å². The lowest BCUT2D eigenvalue weighted by Crippen LogP contribution is -2.37. The number of aryl methyl sites for hydroxylation is 1. The maximum absolute atomic E-state index is 12.1. The average Bonchev–Trinajstić information content (AvgIpc) is 2.40. The van der Waals surface area contributed by atoms with Crippen molar-refractivity contribution in [2.45, 2.75) is 4.90 Å². The van der Waals surface area contributed by atoms with E-state index in [0.717, 1.165) is 4.57 Å². The predicted molar refractivity (Wildman–Crippen MR) is 68.6 cm³/mol. The van der Waals surface area contributed by atoms with Crippen LogP contribution in [0.1, 0.15) is 0 Å². The number of hydrogen-bond acceptors (Lipinski definition) is 5. The third-order valence-electron chi connectivity index (χ3n) is 2.60. The molecule has 0 saturated carbocycles. The summed E-state index contributed by atoms with van der Waals surface area (Å²) in [7, 11) is 2.99. The molecule has 0 atom stereocenters. The van der Waals surface area contributed by atoms with Crippen LogP contribution in [0.15, 0.2) is 26.7 Å². The number of thioether (sulfide) groups is 1. The molecular weight excluding hydrogens is 252 g/mol. The van der Waals surface area contributed by atoms with Gasteiger partial charge in [0.1, 0.15) is 5.65 Å². The quantitative estimate of drug-likeness (QED) is 0.725. The van der Waals surface area contributed by atoms with Crippen molar-refractivity contribution in [1.29, 1.82) is 5.26 Å². The SMILES string of the molecule is Cn1c(=O)c2c(SCC#N)ccnc2n(C)c1=O. The summed E-state index contributed by atoms with van der Waals surface area (Å²) in [6.45, 7) is 0. The van der Waals surface area contributed by atoms with Gasteiger partial charge in [0.2, 0.25) is 0 Å². The number of fused-ring (bicyclic) bond motifs is 1. The summed E-state index contributed by atoms with van der Waals surface area (Å²) in [5, 5.41) is 8.97. The molecule has 2 aromatic heterocycles. The Hall–Kier alpha value is -2.07. The molecule has 0 unspecified atom stereocenters. The lowest BCUT2D eigenvalue weighted by Gasteiger charge is -2.08. The minimum absolute atomic E-state index is 0.241. The highest BCUT2D eigenvalue weighted by molar-refractivity contribution is 7.99. The summed E-state index contributed by atoms with van der Waals surface area (Å²) in [5.74, 6) is 0.241. The number of hydrogen-bond donors (Lipinski definition) is 0. The molecular formula is C11H10N4O2S. The Morgan fingerprint density at radius 2 is 2.11 bits per heavy atom. The van der Waals surface area contributed by atoms with Crippen molar-refractivity contribution < 1.29 is 0 Å². The van der Waals surface area contributed by atoms with Gasteiger partial charge in [0, 0.05) is 25.2 Å². The Kier molecular flexibility index (Phi) is 3.21. The zero-order valence-corrected chi connectivity index (χ0v) is 10.7. The molecule has 0 aliphatic rings. The Morgan fingerprint density at radius 3 is 2.78 bits per heavy atom. The van der Waals surface area contributed by atoms with Crippen LogP contribution < -0.4 is 11.2 Å². The highest BCUT2D eigenvalue weighted by atomic mass is 32.2. The van der Waals surface area contributed by atoms with Crippen molar-refractivity contribution in [3.05, 3.63) is 33.1 Å². The van der Waals surface area contributed by atoms with Crippen LogP contribution >= 0.6 is 11.8 Å². The van der Waals surface area contributed by atoms with Gasteiger partial charge in [-0.15, -0.1) is 11.8 Å². The molecule has 0 spiro atoms. The topological polar surface area (TPSA) is 80.7 Å². The number of nitriles is 1. The van der Waals surface area contributed by atoms with Crippen molar-refractivity contribution in [2.75, 3.05) is 5.75 Å². The Bertz CT molecular complexity index is 769. The van der Waals surface area contributed by atoms with Gasteiger partial charge >= 0.3 is 5.69 Å². The van der Waals surface area contributed by atoms with E-state index in [1.807, 2.05) is 6.07 Å². The monoisotopic (exact) mass is 262 g/mol. The third kappa shape index (κ3) is 1.80. The van der Waals surface area contributed by atoms with Gasteiger partial charge in [-0.05, 0) is 6.07 Å². The number of rotatable bonds is 2. The number of nitrogens with zero attached hydrogens (tertiary/aromatic N) is 4. The predicted octanol–water partition coefficient (Wildman–Crippen LogP) is 0.248. The van der Waals surface area contributed by atoms with Crippen LogP contribution in [0.25, 0.3) is 11.0 Å². The van der Waals surface area contributed by atoms with Gasteiger partial charge in [-0.3, -0.25) is 13.9 Å². The molecule has 18 heavy (non-hydrogen) atoms. The van der Waals surface area contributed by atoms with Gasteiger partial charge in [0.05, 0.1) is 17.2 Å². The summed E-state index contributed by atoms with van der Waals surface area (Å²) in [4.78, 5) is 28.6. The molecule has 2 rings (SSSR count). The van der Waals surface area contributed by atoms with Crippen molar-refractivity contribution in [2.24, 2.45) is 14.1 Å². The summed E-state index contributed by atoms with van der Waals surface area (Å²) < 4.78 is 2.37.